The fourth-order valence-corrected chi connectivity index (χ4v) is 1.36. The van der Waals surface area contributed by atoms with E-state index in [-0.39, 0.29) is 0 Å². The van der Waals surface area contributed by atoms with Gasteiger partial charge < -0.3 is 10.0 Å². The van der Waals surface area contributed by atoms with Crippen molar-refractivity contribution in [3.05, 3.63) is 16.9 Å². The largest absolute Gasteiger partial charge is 0.389 e. The molecule has 1 aromatic rings. The van der Waals surface area contributed by atoms with Crippen molar-refractivity contribution >= 4 is 21.9 Å². The van der Waals surface area contributed by atoms with Crippen LogP contribution in [0.25, 0.3) is 0 Å². The highest BCUT2D eigenvalue weighted by Gasteiger charge is 2.17. The Bertz CT molecular complexity index is 294. The second-order valence-corrected chi connectivity index (χ2v) is 4.79. The summed E-state index contributed by atoms with van der Waals surface area (Å²) >= 11 is 3.26. The molecule has 0 aliphatic carbocycles. The van der Waals surface area contributed by atoms with Crippen LogP contribution in [0.15, 0.2) is 16.9 Å². The zero-order chi connectivity index (χ0) is 10.8. The summed E-state index contributed by atoms with van der Waals surface area (Å²) in [6.45, 7) is 4.00. The van der Waals surface area contributed by atoms with Gasteiger partial charge in [-0.2, -0.15) is 0 Å². The predicted octanol–water partition coefficient (Wildman–Crippen LogP) is 1.45. The van der Waals surface area contributed by atoms with Gasteiger partial charge in [-0.3, -0.25) is 0 Å². The Labute approximate surface area is 92.1 Å². The second-order valence-electron chi connectivity index (χ2n) is 3.87. The molecule has 0 saturated heterocycles. The van der Waals surface area contributed by atoms with Crippen LogP contribution >= 0.6 is 15.9 Å². The molecule has 0 unspecified atom stereocenters. The minimum Gasteiger partial charge on any atom is -0.389 e. The number of aromatic nitrogens is 2. The van der Waals surface area contributed by atoms with Gasteiger partial charge in [0.2, 0.25) is 5.95 Å². The number of aliphatic hydroxyl groups is 1. The van der Waals surface area contributed by atoms with E-state index in [1.807, 2.05) is 11.9 Å². The lowest BCUT2D eigenvalue weighted by Crippen LogP contribution is -2.37. The van der Waals surface area contributed by atoms with Crippen LogP contribution in [-0.2, 0) is 0 Å². The second kappa shape index (κ2) is 4.23. The highest BCUT2D eigenvalue weighted by Crippen LogP contribution is 2.12. The Morgan fingerprint density at radius 1 is 1.43 bits per heavy atom. The molecule has 0 bridgehead atoms. The van der Waals surface area contributed by atoms with E-state index < -0.39 is 5.60 Å². The first-order valence-electron chi connectivity index (χ1n) is 4.29. The molecule has 1 rings (SSSR count). The molecule has 0 atom stereocenters. The number of rotatable bonds is 3. The smallest absolute Gasteiger partial charge is 0.225 e. The van der Waals surface area contributed by atoms with E-state index in [2.05, 4.69) is 25.9 Å². The number of hydrogen-bond donors (Lipinski definition) is 1. The predicted molar refractivity (Wildman–Crippen MR) is 59.3 cm³/mol. The minimum atomic E-state index is -0.745. The quantitative estimate of drug-likeness (QED) is 0.893. The molecule has 5 heteroatoms. The van der Waals surface area contributed by atoms with Crippen LogP contribution in [0, 0.1) is 0 Å². The summed E-state index contributed by atoms with van der Waals surface area (Å²) in [6.07, 6.45) is 3.37. The fourth-order valence-electron chi connectivity index (χ4n) is 1.15. The number of hydrogen-bond acceptors (Lipinski definition) is 4. The maximum absolute atomic E-state index is 9.60. The third kappa shape index (κ3) is 3.59. The first-order chi connectivity index (χ1) is 6.38. The molecule has 14 heavy (non-hydrogen) atoms. The molecule has 0 aliphatic heterocycles. The van der Waals surface area contributed by atoms with Gasteiger partial charge in [0.1, 0.15) is 0 Å². The molecule has 4 nitrogen and oxygen atoms in total. The van der Waals surface area contributed by atoms with E-state index in [1.165, 1.54) is 0 Å². The zero-order valence-electron chi connectivity index (χ0n) is 8.53. The van der Waals surface area contributed by atoms with Crippen LogP contribution < -0.4 is 4.90 Å². The molecule has 0 fully saturated rings. The van der Waals surface area contributed by atoms with Crippen LogP contribution in [0.4, 0.5) is 5.95 Å². The minimum absolute atomic E-state index is 0.495. The van der Waals surface area contributed by atoms with E-state index in [0.717, 1.165) is 4.47 Å². The molecule has 78 valence electrons. The van der Waals surface area contributed by atoms with Crippen LogP contribution in [-0.4, -0.2) is 34.3 Å². The van der Waals surface area contributed by atoms with Gasteiger partial charge in [-0.15, -0.1) is 0 Å². The summed E-state index contributed by atoms with van der Waals surface area (Å²) in [6, 6.07) is 0. The molecule has 0 radical (unpaired) electrons. The van der Waals surface area contributed by atoms with Crippen molar-refractivity contribution in [2.45, 2.75) is 19.4 Å². The Balaban J connectivity index is 2.70. The molecule has 0 aromatic carbocycles. The third-order valence-electron chi connectivity index (χ3n) is 1.57. The van der Waals surface area contributed by atoms with Crippen LogP contribution in [0.2, 0.25) is 0 Å². The van der Waals surface area contributed by atoms with E-state index >= 15 is 0 Å². The van der Waals surface area contributed by atoms with Gasteiger partial charge in [-0.25, -0.2) is 9.97 Å². The lowest BCUT2D eigenvalue weighted by molar-refractivity contribution is 0.0883. The van der Waals surface area contributed by atoms with Crippen LogP contribution in [0.3, 0.4) is 0 Å². The third-order valence-corrected chi connectivity index (χ3v) is 1.98. The van der Waals surface area contributed by atoms with E-state index in [0.29, 0.717) is 12.5 Å². The van der Waals surface area contributed by atoms with Gasteiger partial charge in [-0.05, 0) is 29.8 Å². The first-order valence-corrected chi connectivity index (χ1v) is 5.09. The summed E-state index contributed by atoms with van der Waals surface area (Å²) in [5.74, 6) is 0.607. The van der Waals surface area contributed by atoms with Crippen molar-refractivity contribution in [1.29, 1.82) is 0 Å². The Kier molecular flexibility index (Phi) is 3.44. The molecule has 1 N–H and O–H groups in total. The zero-order valence-corrected chi connectivity index (χ0v) is 10.1. The number of likely N-dealkylation sites (N-methyl/N-ethyl adjacent to an activating group) is 1. The molecule has 0 spiro atoms. The van der Waals surface area contributed by atoms with E-state index in [4.69, 9.17) is 0 Å². The Hall–Kier alpha value is -0.680. The fraction of sp³-hybridized carbons (Fsp3) is 0.556. The summed E-state index contributed by atoms with van der Waals surface area (Å²) < 4.78 is 0.845. The molecule has 1 heterocycles. The van der Waals surface area contributed by atoms with Gasteiger partial charge in [0.05, 0.1) is 10.1 Å². The SMILES string of the molecule is CN(CC(C)(C)O)c1ncc(Br)cn1. The normalized spacial score (nSPS) is 11.5. The van der Waals surface area contributed by atoms with Crippen LogP contribution in [0.1, 0.15) is 13.8 Å². The lowest BCUT2D eigenvalue weighted by atomic mass is 10.1. The Morgan fingerprint density at radius 2 is 1.93 bits per heavy atom. The van der Waals surface area contributed by atoms with E-state index in [1.54, 1.807) is 26.2 Å². The average molecular weight is 260 g/mol. The summed E-state index contributed by atoms with van der Waals surface area (Å²) in [5, 5.41) is 9.60. The number of halogens is 1. The summed E-state index contributed by atoms with van der Waals surface area (Å²) in [4.78, 5) is 10.1. The molecule has 0 amide bonds. The lowest BCUT2D eigenvalue weighted by Gasteiger charge is -2.25. The highest BCUT2D eigenvalue weighted by molar-refractivity contribution is 9.10. The van der Waals surface area contributed by atoms with Crippen molar-refractivity contribution in [1.82, 2.24) is 9.97 Å². The number of anilines is 1. The maximum Gasteiger partial charge on any atom is 0.225 e. The van der Waals surface area contributed by atoms with Crippen molar-refractivity contribution in [2.75, 3.05) is 18.5 Å². The topological polar surface area (TPSA) is 49.2 Å². The highest BCUT2D eigenvalue weighted by atomic mass is 79.9. The summed E-state index contributed by atoms with van der Waals surface area (Å²) in [7, 11) is 1.85. The Morgan fingerprint density at radius 3 is 2.36 bits per heavy atom. The van der Waals surface area contributed by atoms with Crippen molar-refractivity contribution in [3.8, 4) is 0 Å². The van der Waals surface area contributed by atoms with Gasteiger partial charge in [-0.1, -0.05) is 0 Å². The van der Waals surface area contributed by atoms with Crippen LogP contribution in [0.5, 0.6) is 0 Å². The molecular formula is C9H14BrN3O. The van der Waals surface area contributed by atoms with Gasteiger partial charge in [0.15, 0.2) is 0 Å². The van der Waals surface area contributed by atoms with Crippen molar-refractivity contribution in [3.63, 3.8) is 0 Å². The summed E-state index contributed by atoms with van der Waals surface area (Å²) in [5.41, 5.74) is -0.745. The maximum atomic E-state index is 9.60. The van der Waals surface area contributed by atoms with Crippen molar-refractivity contribution < 1.29 is 5.11 Å². The van der Waals surface area contributed by atoms with Gasteiger partial charge >= 0.3 is 0 Å². The first kappa shape index (κ1) is 11.4. The molecule has 0 saturated carbocycles. The van der Waals surface area contributed by atoms with E-state index in [9.17, 15) is 5.11 Å². The van der Waals surface area contributed by atoms with Gasteiger partial charge in [0, 0.05) is 26.0 Å². The monoisotopic (exact) mass is 259 g/mol. The molecule has 1 aromatic heterocycles. The number of nitrogens with zero attached hydrogens (tertiary/aromatic N) is 3. The molecular weight excluding hydrogens is 246 g/mol. The van der Waals surface area contributed by atoms with Gasteiger partial charge in [0.25, 0.3) is 0 Å². The average Bonchev–Trinajstić information content (AvgIpc) is 2.02. The standard InChI is InChI=1S/C9H14BrN3O/c1-9(2,14)6-13(3)8-11-4-7(10)5-12-8/h4-5,14H,6H2,1-3H3. The molecule has 0 aliphatic rings. The van der Waals surface area contributed by atoms with Crippen molar-refractivity contribution in [2.24, 2.45) is 0 Å².